The van der Waals surface area contributed by atoms with Gasteiger partial charge in [-0.15, -0.1) is 5.10 Å². The number of hydrogen-bond acceptors (Lipinski definition) is 7. The lowest BCUT2D eigenvalue weighted by molar-refractivity contribution is -0.116. The van der Waals surface area contributed by atoms with Crippen LogP contribution < -0.4 is 10.6 Å². The summed E-state index contributed by atoms with van der Waals surface area (Å²) in [5.41, 5.74) is 9.10. The molecular weight excluding hydrogens is 446 g/mol. The van der Waals surface area contributed by atoms with E-state index < -0.39 is 5.92 Å². The van der Waals surface area contributed by atoms with Crippen LogP contribution in [0.5, 0.6) is 0 Å². The number of anilines is 1. The van der Waals surface area contributed by atoms with Gasteiger partial charge in [0.2, 0.25) is 5.13 Å². The fraction of sp³-hybridized carbons (Fsp3) is 0.222. The lowest BCUT2D eigenvalue weighted by Gasteiger charge is -2.38. The first kappa shape index (κ1) is 18.1. The number of nitrogens with one attached hydrogen (secondary N) is 1. The van der Waals surface area contributed by atoms with Crippen LogP contribution in [0.2, 0.25) is 0 Å². The molecule has 136 valence electrons. The van der Waals surface area contributed by atoms with Gasteiger partial charge in [0.05, 0.1) is 17.6 Å². The molecule has 1 atom stereocenters. The van der Waals surface area contributed by atoms with Gasteiger partial charge in [0.1, 0.15) is 5.82 Å². The summed E-state index contributed by atoms with van der Waals surface area (Å²) in [7, 11) is 0. The molecule has 0 radical (unpaired) electrons. The fourth-order valence-corrected chi connectivity index (χ4v) is 4.79. The second-order valence-electron chi connectivity index (χ2n) is 6.26. The van der Waals surface area contributed by atoms with Gasteiger partial charge in [-0.05, 0) is 42.8 Å². The number of carbonyl (C=O) groups excluding carboxylic acids is 1. The Labute approximate surface area is 173 Å². The molecule has 2 heterocycles. The number of ketones is 1. The molecule has 0 saturated carbocycles. The van der Waals surface area contributed by atoms with Crippen LogP contribution in [-0.4, -0.2) is 16.0 Å². The van der Waals surface area contributed by atoms with Gasteiger partial charge in [0.25, 0.3) is 0 Å². The molecule has 0 amide bonds. The van der Waals surface area contributed by atoms with E-state index in [2.05, 4.69) is 32.2 Å². The van der Waals surface area contributed by atoms with Gasteiger partial charge in [-0.3, -0.25) is 14.8 Å². The largest absolute Gasteiger partial charge is 0.384 e. The maximum atomic E-state index is 12.9. The molecule has 4 rings (SSSR count). The van der Waals surface area contributed by atoms with Crippen molar-refractivity contribution in [1.29, 1.82) is 5.26 Å². The van der Waals surface area contributed by atoms with Gasteiger partial charge >= 0.3 is 0 Å². The number of Topliss-reactive ketones (excluding diaryl/α,β-unsaturated/α-hetero) is 1. The summed E-state index contributed by atoms with van der Waals surface area (Å²) >= 11 is 9.84. The van der Waals surface area contributed by atoms with Crippen molar-refractivity contribution in [3.8, 4) is 6.07 Å². The Bertz CT molecular complexity index is 1090. The van der Waals surface area contributed by atoms with Gasteiger partial charge in [-0.25, -0.2) is 0 Å². The van der Waals surface area contributed by atoms with Crippen LogP contribution >= 0.6 is 39.5 Å². The summed E-state index contributed by atoms with van der Waals surface area (Å²) in [6, 6.07) is 9.87. The molecule has 1 unspecified atom stereocenters. The minimum atomic E-state index is -0.464. The molecule has 0 bridgehead atoms. The van der Waals surface area contributed by atoms with Crippen LogP contribution in [0.15, 0.2) is 51.4 Å². The Morgan fingerprint density at radius 3 is 2.74 bits per heavy atom. The number of H-pyrrole nitrogens is 1. The highest BCUT2D eigenvalue weighted by Gasteiger charge is 2.41. The molecule has 1 aliphatic carbocycles. The lowest BCUT2D eigenvalue weighted by Crippen LogP contribution is -2.38. The van der Waals surface area contributed by atoms with E-state index in [1.165, 1.54) is 11.3 Å². The zero-order valence-electron chi connectivity index (χ0n) is 14.0. The lowest BCUT2D eigenvalue weighted by atomic mass is 9.76. The number of nitrogens with two attached hydrogens (primary N) is 1. The summed E-state index contributed by atoms with van der Waals surface area (Å²) < 4.78 is 1.44. The molecule has 0 spiro atoms. The molecule has 2 aromatic rings. The van der Waals surface area contributed by atoms with E-state index in [0.717, 1.165) is 22.2 Å². The van der Waals surface area contributed by atoms with E-state index in [1.54, 1.807) is 4.90 Å². The molecule has 3 N–H and O–H groups in total. The Morgan fingerprint density at radius 1 is 1.37 bits per heavy atom. The zero-order chi connectivity index (χ0) is 19.1. The standard InChI is InChI=1S/C18H14BrN5OS2/c19-10-6-4-9(5-7-10)14-11(8-20)16(21)24(17-22-23-18(26)27-17)12-2-1-3-13(25)15(12)14/h4-7,14H,1-3,21H2,(H,23,26). The number of nitriles is 1. The summed E-state index contributed by atoms with van der Waals surface area (Å²) in [6.45, 7) is 0. The first-order valence-electron chi connectivity index (χ1n) is 8.28. The van der Waals surface area contributed by atoms with Crippen LogP contribution in [0.25, 0.3) is 0 Å². The number of hydrogen-bond donors (Lipinski definition) is 2. The topological polar surface area (TPSA) is 98.8 Å². The summed E-state index contributed by atoms with van der Waals surface area (Å²) in [6.07, 6.45) is 1.90. The van der Waals surface area contributed by atoms with Crippen molar-refractivity contribution in [3.63, 3.8) is 0 Å². The van der Waals surface area contributed by atoms with Crippen molar-refractivity contribution in [2.75, 3.05) is 4.90 Å². The number of aromatic amines is 1. The predicted molar refractivity (Wildman–Crippen MR) is 109 cm³/mol. The van der Waals surface area contributed by atoms with Crippen molar-refractivity contribution in [2.45, 2.75) is 25.2 Å². The summed E-state index contributed by atoms with van der Waals surface area (Å²) in [5, 5.41) is 17.4. The van der Waals surface area contributed by atoms with Crippen molar-refractivity contribution in [1.82, 2.24) is 10.2 Å². The van der Waals surface area contributed by atoms with Gasteiger partial charge in [-0.1, -0.05) is 39.4 Å². The highest BCUT2D eigenvalue weighted by atomic mass is 79.9. The zero-order valence-corrected chi connectivity index (χ0v) is 17.2. The van der Waals surface area contributed by atoms with Crippen molar-refractivity contribution in [2.24, 2.45) is 5.73 Å². The van der Waals surface area contributed by atoms with Crippen molar-refractivity contribution < 1.29 is 4.79 Å². The number of carbonyl (C=O) groups is 1. The Balaban J connectivity index is 1.97. The van der Waals surface area contributed by atoms with E-state index in [0.29, 0.717) is 38.9 Å². The van der Waals surface area contributed by atoms with E-state index in [-0.39, 0.29) is 5.78 Å². The first-order valence-corrected chi connectivity index (χ1v) is 10.3. The van der Waals surface area contributed by atoms with E-state index >= 15 is 0 Å². The predicted octanol–water partition coefficient (Wildman–Crippen LogP) is 4.27. The molecule has 6 nitrogen and oxygen atoms in total. The second-order valence-corrected chi connectivity index (χ2v) is 8.82. The van der Waals surface area contributed by atoms with Crippen LogP contribution in [0.4, 0.5) is 5.13 Å². The van der Waals surface area contributed by atoms with Crippen LogP contribution in [0.3, 0.4) is 0 Å². The molecule has 1 aliphatic heterocycles. The average Bonchev–Trinajstić information content (AvgIpc) is 3.07. The molecule has 1 aromatic heterocycles. The molecule has 1 aromatic carbocycles. The smallest absolute Gasteiger partial charge is 0.216 e. The van der Waals surface area contributed by atoms with Crippen LogP contribution in [-0.2, 0) is 4.79 Å². The number of rotatable bonds is 2. The molecule has 2 aliphatic rings. The minimum absolute atomic E-state index is 0.0496. The van der Waals surface area contributed by atoms with E-state index in [4.69, 9.17) is 18.0 Å². The molecule has 27 heavy (non-hydrogen) atoms. The number of allylic oxidation sites excluding steroid dienone is 3. The SMILES string of the molecule is N#CC1=C(N)N(c2n[nH]c(=S)s2)C2=C(C(=O)CCC2)C1c1ccc(Br)cc1. The van der Waals surface area contributed by atoms with Crippen LogP contribution in [0.1, 0.15) is 30.7 Å². The first-order chi connectivity index (χ1) is 13.0. The number of halogens is 1. The average molecular weight is 460 g/mol. The maximum absolute atomic E-state index is 12.9. The number of benzene rings is 1. The van der Waals surface area contributed by atoms with Gasteiger partial charge in [0.15, 0.2) is 9.74 Å². The summed E-state index contributed by atoms with van der Waals surface area (Å²) in [4.78, 5) is 14.6. The number of aromatic nitrogens is 2. The molecular formula is C18H14BrN5OS2. The maximum Gasteiger partial charge on any atom is 0.216 e. The third-order valence-corrected chi connectivity index (χ3v) is 6.34. The molecule has 9 heteroatoms. The molecule has 0 fully saturated rings. The Morgan fingerprint density at radius 2 is 2.11 bits per heavy atom. The Hall–Kier alpha value is -2.28. The van der Waals surface area contributed by atoms with Crippen LogP contribution in [0, 0.1) is 15.3 Å². The van der Waals surface area contributed by atoms with Gasteiger partial charge < -0.3 is 5.73 Å². The second kappa shape index (κ2) is 7.03. The van der Waals surface area contributed by atoms with E-state index in [1.807, 2.05) is 24.3 Å². The fourth-order valence-electron chi connectivity index (χ4n) is 3.61. The monoisotopic (exact) mass is 459 g/mol. The third kappa shape index (κ3) is 3.04. The molecule has 0 saturated heterocycles. The third-order valence-electron chi connectivity index (χ3n) is 4.73. The normalized spacial score (nSPS) is 19.9. The minimum Gasteiger partial charge on any atom is -0.384 e. The number of nitrogens with zero attached hydrogens (tertiary/aromatic N) is 3. The van der Waals surface area contributed by atoms with Gasteiger partial charge in [-0.2, -0.15) is 5.26 Å². The highest BCUT2D eigenvalue weighted by Crippen LogP contribution is 2.46. The highest BCUT2D eigenvalue weighted by molar-refractivity contribution is 9.10. The van der Waals surface area contributed by atoms with E-state index in [9.17, 15) is 10.1 Å². The quantitative estimate of drug-likeness (QED) is 0.650. The van der Waals surface area contributed by atoms with Crippen molar-refractivity contribution in [3.05, 3.63) is 60.9 Å². The Kier molecular flexibility index (Phi) is 4.72. The van der Waals surface area contributed by atoms with Gasteiger partial charge in [0, 0.05) is 22.2 Å². The van der Waals surface area contributed by atoms with Crippen molar-refractivity contribution >= 4 is 50.4 Å². The summed E-state index contributed by atoms with van der Waals surface area (Å²) in [5.74, 6) is -0.112.